The fraction of sp³-hybridized carbons (Fsp3) is 0.533. The predicted octanol–water partition coefficient (Wildman–Crippen LogP) is 2.71. The number of methoxy groups -OCH3 is 1. The van der Waals surface area contributed by atoms with E-state index in [0.29, 0.717) is 16.7 Å². The van der Waals surface area contributed by atoms with Gasteiger partial charge in [-0.25, -0.2) is 0 Å². The van der Waals surface area contributed by atoms with Crippen molar-refractivity contribution in [1.29, 1.82) is 0 Å². The molecule has 0 bridgehead atoms. The largest absolute Gasteiger partial charge is 0.497 e. The van der Waals surface area contributed by atoms with Crippen LogP contribution in [-0.2, 0) is 0 Å². The summed E-state index contributed by atoms with van der Waals surface area (Å²) in [5.74, 6) is 0.813. The summed E-state index contributed by atoms with van der Waals surface area (Å²) < 4.78 is 6.04. The molecule has 1 unspecified atom stereocenters. The first kappa shape index (κ1) is 16.6. The Bertz CT molecular complexity index is 532. The fourth-order valence-electron chi connectivity index (χ4n) is 3.22. The normalized spacial score (nSPS) is 24.2. The predicted molar refractivity (Wildman–Crippen MR) is 88.4 cm³/mol. The summed E-state index contributed by atoms with van der Waals surface area (Å²) in [5.41, 5.74) is 0.994. The van der Waals surface area contributed by atoms with Gasteiger partial charge in [0.05, 0.1) is 12.7 Å². The summed E-state index contributed by atoms with van der Waals surface area (Å²) in [7, 11) is 1.62. The quantitative estimate of drug-likeness (QED) is 0.864. The van der Waals surface area contributed by atoms with E-state index in [1.54, 1.807) is 7.11 Å². The number of benzene rings is 1. The van der Waals surface area contributed by atoms with Gasteiger partial charge in [-0.05, 0) is 53.5 Å². The van der Waals surface area contributed by atoms with Crippen LogP contribution in [0.4, 0.5) is 0 Å². The third kappa shape index (κ3) is 3.20. The van der Waals surface area contributed by atoms with E-state index >= 15 is 0 Å². The molecular weight excluding hydrogens is 356 g/mol. The van der Waals surface area contributed by atoms with Gasteiger partial charge in [-0.3, -0.25) is 4.79 Å². The lowest BCUT2D eigenvalue weighted by Gasteiger charge is -2.23. The number of carbonyl (C=O) groups is 1. The molecule has 21 heavy (non-hydrogen) atoms. The molecule has 1 atom stereocenters. The minimum absolute atomic E-state index is 0. The van der Waals surface area contributed by atoms with Crippen molar-refractivity contribution >= 4 is 34.2 Å². The zero-order valence-corrected chi connectivity index (χ0v) is 14.4. The second-order valence-electron chi connectivity index (χ2n) is 5.75. The van der Waals surface area contributed by atoms with E-state index in [9.17, 15) is 4.79 Å². The first-order valence-electron chi connectivity index (χ1n) is 6.97. The number of likely N-dealkylation sites (tertiary alicyclic amines) is 1. The molecule has 1 amide bonds. The maximum absolute atomic E-state index is 12.7. The summed E-state index contributed by atoms with van der Waals surface area (Å²) in [6, 6.07) is 5.53. The number of amides is 1. The highest BCUT2D eigenvalue weighted by Gasteiger charge is 2.42. The Morgan fingerprint density at radius 2 is 2.24 bits per heavy atom. The molecule has 1 N–H and O–H groups in total. The monoisotopic (exact) mass is 374 g/mol. The van der Waals surface area contributed by atoms with Crippen molar-refractivity contribution in [3.63, 3.8) is 0 Å². The number of nitrogens with one attached hydrogen (secondary N) is 1. The molecule has 2 saturated heterocycles. The van der Waals surface area contributed by atoms with E-state index < -0.39 is 0 Å². The summed E-state index contributed by atoms with van der Waals surface area (Å²) in [4.78, 5) is 14.7. The standard InChI is InChI=1S/C15H19BrN2O2.ClH/c1-20-11-2-3-13(16)12(8-11)14(19)18-7-5-15(10-18)4-6-17-9-15;/h2-3,8,17H,4-7,9-10H2,1H3;1H. The molecule has 1 spiro atoms. The molecule has 0 saturated carbocycles. The van der Waals surface area contributed by atoms with E-state index in [2.05, 4.69) is 21.2 Å². The second-order valence-corrected chi connectivity index (χ2v) is 6.60. The van der Waals surface area contributed by atoms with Crippen molar-refractivity contribution in [3.05, 3.63) is 28.2 Å². The van der Waals surface area contributed by atoms with Crippen LogP contribution in [-0.4, -0.2) is 44.1 Å². The van der Waals surface area contributed by atoms with Crippen molar-refractivity contribution in [2.24, 2.45) is 5.41 Å². The topological polar surface area (TPSA) is 41.6 Å². The lowest BCUT2D eigenvalue weighted by atomic mass is 9.86. The number of hydrogen-bond donors (Lipinski definition) is 1. The van der Waals surface area contributed by atoms with E-state index in [-0.39, 0.29) is 18.3 Å². The number of carbonyl (C=O) groups excluding carboxylic acids is 1. The first-order valence-corrected chi connectivity index (χ1v) is 7.76. The van der Waals surface area contributed by atoms with E-state index in [4.69, 9.17) is 4.74 Å². The van der Waals surface area contributed by atoms with Crippen LogP contribution in [0.5, 0.6) is 5.75 Å². The molecule has 1 aromatic carbocycles. The minimum atomic E-state index is 0. The van der Waals surface area contributed by atoms with Gasteiger partial charge in [0.25, 0.3) is 5.91 Å². The third-order valence-corrected chi connectivity index (χ3v) is 5.15. The number of halogens is 2. The fourth-order valence-corrected chi connectivity index (χ4v) is 3.63. The van der Waals surface area contributed by atoms with Crippen LogP contribution in [0.2, 0.25) is 0 Å². The molecule has 6 heteroatoms. The van der Waals surface area contributed by atoms with E-state index in [0.717, 1.165) is 37.1 Å². The Labute approximate surface area is 139 Å². The molecule has 0 aliphatic carbocycles. The molecule has 2 heterocycles. The maximum atomic E-state index is 12.7. The van der Waals surface area contributed by atoms with Gasteiger partial charge in [0, 0.05) is 29.5 Å². The van der Waals surface area contributed by atoms with Crippen molar-refractivity contribution in [1.82, 2.24) is 10.2 Å². The zero-order chi connectivity index (χ0) is 14.2. The number of hydrogen-bond acceptors (Lipinski definition) is 3. The molecule has 0 aromatic heterocycles. The lowest BCUT2D eigenvalue weighted by Crippen LogP contribution is -2.33. The molecule has 4 nitrogen and oxygen atoms in total. The maximum Gasteiger partial charge on any atom is 0.255 e. The minimum Gasteiger partial charge on any atom is -0.497 e. The van der Waals surface area contributed by atoms with Crippen LogP contribution in [0.25, 0.3) is 0 Å². The molecule has 1 aromatic rings. The molecule has 2 aliphatic heterocycles. The van der Waals surface area contributed by atoms with Crippen LogP contribution in [0.3, 0.4) is 0 Å². The second kappa shape index (κ2) is 6.55. The number of nitrogens with zero attached hydrogens (tertiary/aromatic N) is 1. The highest BCUT2D eigenvalue weighted by atomic mass is 79.9. The smallest absolute Gasteiger partial charge is 0.255 e. The van der Waals surface area contributed by atoms with E-state index in [1.165, 1.54) is 6.42 Å². The van der Waals surface area contributed by atoms with Gasteiger partial charge >= 0.3 is 0 Å². The van der Waals surface area contributed by atoms with Gasteiger partial charge in [0.1, 0.15) is 5.75 Å². The lowest BCUT2D eigenvalue weighted by molar-refractivity contribution is 0.0774. The molecule has 2 fully saturated rings. The Morgan fingerprint density at radius 3 is 2.90 bits per heavy atom. The SMILES string of the molecule is COc1ccc(Br)c(C(=O)N2CCC3(CCNC3)C2)c1.Cl. The van der Waals surface area contributed by atoms with E-state index in [1.807, 2.05) is 23.1 Å². The van der Waals surface area contributed by atoms with Gasteiger partial charge in [-0.15, -0.1) is 12.4 Å². The van der Waals surface area contributed by atoms with Crippen molar-refractivity contribution < 1.29 is 9.53 Å². The summed E-state index contributed by atoms with van der Waals surface area (Å²) >= 11 is 3.47. The Hall–Kier alpha value is -0.780. The average Bonchev–Trinajstić information content (AvgIpc) is 3.09. The van der Waals surface area contributed by atoms with Gasteiger partial charge < -0.3 is 15.0 Å². The molecule has 0 radical (unpaired) electrons. The first-order chi connectivity index (χ1) is 9.63. The molecular formula is C15H20BrClN2O2. The highest BCUT2D eigenvalue weighted by Crippen LogP contribution is 2.37. The third-order valence-electron chi connectivity index (χ3n) is 4.46. The average molecular weight is 376 g/mol. The van der Waals surface area contributed by atoms with Crippen molar-refractivity contribution in [3.8, 4) is 5.75 Å². The van der Waals surface area contributed by atoms with Gasteiger partial charge in [0.15, 0.2) is 0 Å². The Kier molecular flexibility index (Phi) is 5.17. The highest BCUT2D eigenvalue weighted by molar-refractivity contribution is 9.10. The Balaban J connectivity index is 0.00000161. The van der Waals surface area contributed by atoms with Crippen LogP contribution in [0.1, 0.15) is 23.2 Å². The van der Waals surface area contributed by atoms with Crippen LogP contribution < -0.4 is 10.1 Å². The summed E-state index contributed by atoms with van der Waals surface area (Å²) in [6.07, 6.45) is 2.28. The molecule has 2 aliphatic rings. The van der Waals surface area contributed by atoms with Gasteiger partial charge in [-0.2, -0.15) is 0 Å². The molecule has 116 valence electrons. The molecule has 3 rings (SSSR count). The zero-order valence-electron chi connectivity index (χ0n) is 12.0. The number of ether oxygens (including phenoxy) is 1. The summed E-state index contributed by atoms with van der Waals surface area (Å²) in [5, 5.41) is 3.42. The van der Waals surface area contributed by atoms with Crippen molar-refractivity contribution in [2.45, 2.75) is 12.8 Å². The van der Waals surface area contributed by atoms with Crippen LogP contribution >= 0.6 is 28.3 Å². The van der Waals surface area contributed by atoms with Crippen molar-refractivity contribution in [2.75, 3.05) is 33.3 Å². The summed E-state index contributed by atoms with van der Waals surface area (Å²) in [6.45, 7) is 3.83. The van der Waals surface area contributed by atoms with Crippen LogP contribution in [0.15, 0.2) is 22.7 Å². The Morgan fingerprint density at radius 1 is 1.43 bits per heavy atom. The van der Waals surface area contributed by atoms with Crippen LogP contribution in [0, 0.1) is 5.41 Å². The number of rotatable bonds is 2. The van der Waals surface area contributed by atoms with Gasteiger partial charge in [0.2, 0.25) is 0 Å². The van der Waals surface area contributed by atoms with Gasteiger partial charge in [-0.1, -0.05) is 0 Å².